The second-order valence-electron chi connectivity index (χ2n) is 7.68. The summed E-state index contributed by atoms with van der Waals surface area (Å²) < 4.78 is 55.4. The van der Waals surface area contributed by atoms with Crippen molar-refractivity contribution in [2.45, 2.75) is 37.3 Å². The third kappa shape index (κ3) is 3.36. The normalized spacial score (nSPS) is 18.3. The Morgan fingerprint density at radius 1 is 1.16 bits per heavy atom. The largest absolute Gasteiger partial charge is 0.444 e. The minimum atomic E-state index is -3.77. The lowest BCUT2D eigenvalue weighted by Gasteiger charge is -2.39. The lowest BCUT2D eigenvalue weighted by atomic mass is 10.0. The molecule has 162 valence electrons. The summed E-state index contributed by atoms with van der Waals surface area (Å²) in [4.78, 5) is 14.2. The minimum absolute atomic E-state index is 0.0284. The third-order valence-corrected chi connectivity index (χ3v) is 8.43. The van der Waals surface area contributed by atoms with Gasteiger partial charge >= 0.3 is 6.09 Å². The SMILES string of the molecule is Cc1ccc2nsnc2c1S(=O)(=O)N1CCC(N2C(=O)OCc3cc(F)ccc32)CC1. The number of fused-ring (bicyclic) bond motifs is 2. The summed E-state index contributed by atoms with van der Waals surface area (Å²) in [6.45, 7) is 2.28. The predicted molar refractivity (Wildman–Crippen MR) is 113 cm³/mol. The first kappa shape index (κ1) is 20.3. The molecule has 0 radical (unpaired) electrons. The average Bonchev–Trinajstić information content (AvgIpc) is 3.22. The zero-order valence-corrected chi connectivity index (χ0v) is 18.2. The topological polar surface area (TPSA) is 92.7 Å². The number of cyclic esters (lactones) is 1. The number of piperidine rings is 1. The number of hydrogen-bond acceptors (Lipinski definition) is 7. The Balaban J connectivity index is 1.40. The van der Waals surface area contributed by atoms with Crippen LogP contribution in [0.15, 0.2) is 35.2 Å². The van der Waals surface area contributed by atoms with Crippen molar-refractivity contribution in [2.24, 2.45) is 0 Å². The molecule has 8 nitrogen and oxygen atoms in total. The Hall–Kier alpha value is -2.63. The van der Waals surface area contributed by atoms with E-state index in [9.17, 15) is 17.6 Å². The Morgan fingerprint density at radius 2 is 1.94 bits per heavy atom. The van der Waals surface area contributed by atoms with E-state index in [1.165, 1.54) is 21.3 Å². The molecule has 0 bridgehead atoms. The smallest absolute Gasteiger partial charge is 0.414 e. The number of benzene rings is 2. The van der Waals surface area contributed by atoms with E-state index < -0.39 is 21.9 Å². The number of rotatable bonds is 3. The summed E-state index contributed by atoms with van der Waals surface area (Å²) in [5.74, 6) is -0.390. The zero-order chi connectivity index (χ0) is 21.8. The van der Waals surface area contributed by atoms with Crippen LogP contribution in [0.3, 0.4) is 0 Å². The summed E-state index contributed by atoms with van der Waals surface area (Å²) in [6.07, 6.45) is 0.389. The van der Waals surface area contributed by atoms with Gasteiger partial charge in [0.25, 0.3) is 0 Å². The highest BCUT2D eigenvalue weighted by atomic mass is 32.2. The number of sulfonamides is 1. The van der Waals surface area contributed by atoms with E-state index in [4.69, 9.17) is 4.74 Å². The van der Waals surface area contributed by atoms with Crippen molar-refractivity contribution in [3.63, 3.8) is 0 Å². The molecule has 0 saturated carbocycles. The minimum Gasteiger partial charge on any atom is -0.444 e. The van der Waals surface area contributed by atoms with E-state index >= 15 is 0 Å². The van der Waals surface area contributed by atoms with Gasteiger partial charge < -0.3 is 4.74 Å². The number of aryl methyl sites for hydroxylation is 1. The highest BCUT2D eigenvalue weighted by Gasteiger charge is 2.38. The number of hydrogen-bond donors (Lipinski definition) is 0. The fraction of sp³-hybridized carbons (Fsp3) is 0.350. The molecule has 0 aliphatic carbocycles. The molecule has 11 heteroatoms. The maximum Gasteiger partial charge on any atom is 0.414 e. The highest BCUT2D eigenvalue weighted by molar-refractivity contribution is 7.89. The molecule has 0 N–H and O–H groups in total. The number of nitrogens with zero attached hydrogens (tertiary/aromatic N) is 4. The van der Waals surface area contributed by atoms with Crippen molar-refractivity contribution < 1.29 is 22.3 Å². The van der Waals surface area contributed by atoms with Crippen LogP contribution in [0, 0.1) is 12.7 Å². The maximum atomic E-state index is 13.6. The number of carbonyl (C=O) groups excluding carboxylic acids is 1. The van der Waals surface area contributed by atoms with Gasteiger partial charge in [0.05, 0.1) is 17.4 Å². The molecule has 1 amide bonds. The van der Waals surface area contributed by atoms with Gasteiger partial charge in [-0.1, -0.05) is 6.07 Å². The van der Waals surface area contributed by atoms with E-state index in [0.717, 1.165) is 11.7 Å². The van der Waals surface area contributed by atoms with E-state index in [0.29, 0.717) is 40.7 Å². The third-order valence-electron chi connectivity index (χ3n) is 5.81. The van der Waals surface area contributed by atoms with Gasteiger partial charge in [-0.3, -0.25) is 4.90 Å². The van der Waals surface area contributed by atoms with Crippen LogP contribution >= 0.6 is 11.7 Å². The van der Waals surface area contributed by atoms with Gasteiger partial charge in [-0.25, -0.2) is 17.6 Å². The number of amides is 1. The number of halogens is 1. The van der Waals surface area contributed by atoms with Gasteiger partial charge in [-0.15, -0.1) is 0 Å². The van der Waals surface area contributed by atoms with Gasteiger partial charge in [-0.2, -0.15) is 13.1 Å². The van der Waals surface area contributed by atoms with Gasteiger partial charge in [0.2, 0.25) is 10.0 Å². The van der Waals surface area contributed by atoms with Gasteiger partial charge in [0, 0.05) is 24.7 Å². The molecular formula is C20H19FN4O4S2. The number of ether oxygens (including phenoxy) is 1. The van der Waals surface area contributed by atoms with Crippen LogP contribution in [0.1, 0.15) is 24.0 Å². The number of anilines is 1. The molecule has 2 aliphatic rings. The van der Waals surface area contributed by atoms with Crippen LogP contribution in [0.5, 0.6) is 0 Å². The lowest BCUT2D eigenvalue weighted by Crippen LogP contribution is -2.50. The zero-order valence-electron chi connectivity index (χ0n) is 16.6. The summed E-state index contributed by atoms with van der Waals surface area (Å²) >= 11 is 0.985. The Kier molecular flexibility index (Phi) is 4.91. The molecule has 1 aromatic heterocycles. The van der Waals surface area contributed by atoms with E-state index in [1.807, 2.05) is 0 Å². The molecule has 0 spiro atoms. The van der Waals surface area contributed by atoms with E-state index in [2.05, 4.69) is 8.75 Å². The van der Waals surface area contributed by atoms with Crippen LogP contribution in [-0.4, -0.2) is 46.7 Å². The first-order valence-electron chi connectivity index (χ1n) is 9.82. The molecule has 0 unspecified atom stereocenters. The molecule has 2 aromatic carbocycles. The van der Waals surface area contributed by atoms with Crippen molar-refractivity contribution in [1.82, 2.24) is 13.1 Å². The average molecular weight is 463 g/mol. The Labute approximate surface area is 182 Å². The first-order valence-corrected chi connectivity index (χ1v) is 12.0. The summed E-state index contributed by atoms with van der Waals surface area (Å²) in [5, 5.41) is 0. The molecule has 5 rings (SSSR count). The van der Waals surface area contributed by atoms with Crippen LogP contribution in [0.25, 0.3) is 11.0 Å². The quantitative estimate of drug-likeness (QED) is 0.592. The van der Waals surface area contributed by atoms with Crippen molar-refractivity contribution >= 4 is 44.6 Å². The fourth-order valence-corrected chi connectivity index (χ4v) is 6.70. The maximum absolute atomic E-state index is 13.6. The molecule has 3 heterocycles. The summed E-state index contributed by atoms with van der Waals surface area (Å²) in [5.41, 5.74) is 2.80. The second kappa shape index (κ2) is 7.50. The molecule has 2 aliphatic heterocycles. The van der Waals surface area contributed by atoms with Crippen molar-refractivity contribution in [2.75, 3.05) is 18.0 Å². The van der Waals surface area contributed by atoms with Crippen LogP contribution < -0.4 is 4.90 Å². The van der Waals surface area contributed by atoms with E-state index in [1.54, 1.807) is 25.1 Å². The Bertz CT molecular complexity index is 1290. The second-order valence-corrected chi connectivity index (χ2v) is 10.1. The first-order chi connectivity index (χ1) is 14.9. The molecule has 0 atom stereocenters. The van der Waals surface area contributed by atoms with E-state index in [-0.39, 0.29) is 30.6 Å². The summed E-state index contributed by atoms with van der Waals surface area (Å²) in [7, 11) is -3.77. The van der Waals surface area contributed by atoms with Gasteiger partial charge in [0.1, 0.15) is 28.4 Å². The van der Waals surface area contributed by atoms with Gasteiger partial charge in [0.15, 0.2) is 0 Å². The van der Waals surface area contributed by atoms with Gasteiger partial charge in [-0.05, 0) is 49.6 Å². The lowest BCUT2D eigenvalue weighted by molar-refractivity contribution is 0.135. The summed E-state index contributed by atoms with van der Waals surface area (Å²) in [6, 6.07) is 7.52. The molecule has 31 heavy (non-hydrogen) atoms. The number of aromatic nitrogens is 2. The van der Waals surface area contributed by atoms with Crippen LogP contribution in [0.2, 0.25) is 0 Å². The predicted octanol–water partition coefficient (Wildman–Crippen LogP) is 3.45. The standard InChI is InChI=1S/C20H19FN4O4S2/c1-12-2-4-16-18(23-30-22-16)19(12)31(27,28)24-8-6-15(7-9-24)25-17-5-3-14(21)10-13(17)11-29-20(25)26/h2-5,10,15H,6-9,11H2,1H3. The molecule has 1 saturated heterocycles. The van der Waals surface area contributed by atoms with Crippen LogP contribution in [-0.2, 0) is 21.4 Å². The Morgan fingerprint density at radius 3 is 2.71 bits per heavy atom. The monoisotopic (exact) mass is 462 g/mol. The van der Waals surface area contributed by atoms with Crippen molar-refractivity contribution in [3.8, 4) is 0 Å². The molecule has 3 aromatic rings. The van der Waals surface area contributed by atoms with Crippen molar-refractivity contribution in [1.29, 1.82) is 0 Å². The number of carbonyl (C=O) groups is 1. The van der Waals surface area contributed by atoms with Crippen LogP contribution in [0.4, 0.5) is 14.9 Å². The van der Waals surface area contributed by atoms with Crippen molar-refractivity contribution in [3.05, 3.63) is 47.3 Å². The molecule has 1 fully saturated rings. The fourth-order valence-electron chi connectivity index (χ4n) is 4.28. The molecular weight excluding hydrogens is 443 g/mol. The highest BCUT2D eigenvalue weighted by Crippen LogP contribution is 2.34.